The molecule has 0 unspecified atom stereocenters. The van der Waals surface area contributed by atoms with Crippen LogP contribution in [0.4, 0.5) is 0 Å². The lowest BCUT2D eigenvalue weighted by atomic mass is 10.3. The van der Waals surface area contributed by atoms with Crippen molar-refractivity contribution in [2.24, 2.45) is 0 Å². The average Bonchev–Trinajstić information content (AvgIpc) is 2.60. The number of hydrogen-bond donors (Lipinski definition) is 1. The van der Waals surface area contributed by atoms with E-state index in [4.69, 9.17) is 0 Å². The van der Waals surface area contributed by atoms with Crippen LogP contribution in [-0.4, -0.2) is 36.8 Å². The molecular formula is C9H10BrN3O2S. The van der Waals surface area contributed by atoms with Crippen LogP contribution in [0.15, 0.2) is 27.8 Å². The number of aromatic amines is 1. The van der Waals surface area contributed by atoms with Crippen LogP contribution in [-0.2, 0) is 10.0 Å². The molecule has 2 aromatic rings. The van der Waals surface area contributed by atoms with Crippen molar-refractivity contribution < 1.29 is 8.42 Å². The van der Waals surface area contributed by atoms with Gasteiger partial charge in [0.2, 0.25) is 10.0 Å². The predicted molar refractivity (Wildman–Crippen MR) is 64.7 cm³/mol. The summed E-state index contributed by atoms with van der Waals surface area (Å²) in [5, 5.41) is 0.586. The minimum atomic E-state index is -3.44. The highest BCUT2D eigenvalue weighted by Gasteiger charge is 2.21. The van der Waals surface area contributed by atoms with E-state index >= 15 is 0 Å². The van der Waals surface area contributed by atoms with Crippen LogP contribution >= 0.6 is 15.9 Å². The SMILES string of the molecule is CN(C)S(=O)(=O)c1c[nH]c2ncc(Br)cc12. The second-order valence-corrected chi connectivity index (χ2v) is 6.53. The largest absolute Gasteiger partial charge is 0.345 e. The van der Waals surface area contributed by atoms with Crippen LogP contribution in [0.2, 0.25) is 0 Å². The van der Waals surface area contributed by atoms with Gasteiger partial charge in [0, 0.05) is 36.3 Å². The number of fused-ring (bicyclic) bond motifs is 1. The Kier molecular flexibility index (Phi) is 2.77. The van der Waals surface area contributed by atoms with Crippen LogP contribution in [0.3, 0.4) is 0 Å². The Bertz CT molecular complexity index is 633. The van der Waals surface area contributed by atoms with Crippen molar-refractivity contribution in [3.8, 4) is 0 Å². The Balaban J connectivity index is 2.76. The number of hydrogen-bond acceptors (Lipinski definition) is 3. The maximum Gasteiger partial charge on any atom is 0.244 e. The molecule has 0 radical (unpaired) electrons. The summed E-state index contributed by atoms with van der Waals surface area (Å²) in [7, 11) is -0.437. The molecule has 0 spiro atoms. The monoisotopic (exact) mass is 303 g/mol. The maximum absolute atomic E-state index is 12.0. The molecule has 1 N–H and O–H groups in total. The number of sulfonamides is 1. The molecule has 0 aliphatic heterocycles. The first-order valence-electron chi connectivity index (χ1n) is 4.48. The number of rotatable bonds is 2. The Morgan fingerprint density at radius 2 is 2.12 bits per heavy atom. The van der Waals surface area contributed by atoms with Gasteiger partial charge in [0.1, 0.15) is 10.5 Å². The molecule has 0 saturated carbocycles. The van der Waals surface area contributed by atoms with Gasteiger partial charge in [-0.1, -0.05) is 0 Å². The van der Waals surface area contributed by atoms with E-state index in [1.807, 2.05) is 0 Å². The van der Waals surface area contributed by atoms with Crippen molar-refractivity contribution in [2.45, 2.75) is 4.90 Å². The molecule has 2 aromatic heterocycles. The highest BCUT2D eigenvalue weighted by Crippen LogP contribution is 2.25. The third-order valence-electron chi connectivity index (χ3n) is 2.22. The first-order valence-corrected chi connectivity index (χ1v) is 6.71. The summed E-state index contributed by atoms with van der Waals surface area (Å²) in [6, 6.07) is 1.73. The summed E-state index contributed by atoms with van der Waals surface area (Å²) in [5.41, 5.74) is 0.559. The summed E-state index contributed by atoms with van der Waals surface area (Å²) in [4.78, 5) is 7.16. The van der Waals surface area contributed by atoms with Crippen molar-refractivity contribution >= 4 is 37.0 Å². The van der Waals surface area contributed by atoms with E-state index in [1.165, 1.54) is 24.6 Å². The van der Waals surface area contributed by atoms with Gasteiger partial charge in [-0.2, -0.15) is 0 Å². The molecule has 16 heavy (non-hydrogen) atoms. The average molecular weight is 304 g/mol. The smallest absolute Gasteiger partial charge is 0.244 e. The predicted octanol–water partition coefficient (Wildman–Crippen LogP) is 1.58. The van der Waals surface area contributed by atoms with Gasteiger partial charge < -0.3 is 4.98 Å². The third-order valence-corrected chi connectivity index (χ3v) is 4.51. The highest BCUT2D eigenvalue weighted by atomic mass is 79.9. The fourth-order valence-electron chi connectivity index (χ4n) is 1.36. The highest BCUT2D eigenvalue weighted by molar-refractivity contribution is 9.10. The van der Waals surface area contributed by atoms with E-state index in [1.54, 1.807) is 12.3 Å². The van der Waals surface area contributed by atoms with E-state index in [0.29, 0.717) is 11.0 Å². The van der Waals surface area contributed by atoms with E-state index < -0.39 is 10.0 Å². The topological polar surface area (TPSA) is 66.1 Å². The van der Waals surface area contributed by atoms with Gasteiger partial charge in [0.05, 0.1) is 0 Å². The summed E-state index contributed by atoms with van der Waals surface area (Å²) >= 11 is 3.27. The van der Waals surface area contributed by atoms with Crippen LogP contribution in [0.25, 0.3) is 11.0 Å². The zero-order chi connectivity index (χ0) is 11.9. The van der Waals surface area contributed by atoms with Gasteiger partial charge in [0.15, 0.2) is 0 Å². The fourth-order valence-corrected chi connectivity index (χ4v) is 2.73. The maximum atomic E-state index is 12.0. The van der Waals surface area contributed by atoms with E-state index in [-0.39, 0.29) is 4.90 Å². The van der Waals surface area contributed by atoms with Crippen molar-refractivity contribution in [3.63, 3.8) is 0 Å². The number of H-pyrrole nitrogens is 1. The second-order valence-electron chi connectivity index (χ2n) is 3.49. The first kappa shape index (κ1) is 11.6. The van der Waals surface area contributed by atoms with Crippen molar-refractivity contribution in [1.29, 1.82) is 0 Å². The summed E-state index contributed by atoms with van der Waals surface area (Å²) in [5.74, 6) is 0. The second kappa shape index (κ2) is 3.83. The molecule has 7 heteroatoms. The van der Waals surface area contributed by atoms with Gasteiger partial charge >= 0.3 is 0 Å². The van der Waals surface area contributed by atoms with Crippen molar-refractivity contribution in [2.75, 3.05) is 14.1 Å². The van der Waals surface area contributed by atoms with Gasteiger partial charge in [-0.25, -0.2) is 17.7 Å². The molecule has 2 rings (SSSR count). The standard InChI is InChI=1S/C9H10BrN3O2S/c1-13(2)16(14,15)8-5-12-9-7(8)3-6(10)4-11-9/h3-5H,1-2H3,(H,11,12). The summed E-state index contributed by atoms with van der Waals surface area (Å²) < 4.78 is 25.9. The molecule has 0 aliphatic rings. The van der Waals surface area contributed by atoms with Crippen LogP contribution in [0, 0.1) is 0 Å². The van der Waals surface area contributed by atoms with Crippen LogP contribution in [0.1, 0.15) is 0 Å². The molecule has 0 saturated heterocycles. The number of nitrogens with zero attached hydrogens (tertiary/aromatic N) is 2. The molecule has 86 valence electrons. The zero-order valence-electron chi connectivity index (χ0n) is 8.73. The molecular weight excluding hydrogens is 294 g/mol. The normalized spacial score (nSPS) is 12.5. The minimum Gasteiger partial charge on any atom is -0.345 e. The summed E-state index contributed by atoms with van der Waals surface area (Å²) in [6.07, 6.45) is 3.07. The lowest BCUT2D eigenvalue weighted by molar-refractivity contribution is 0.521. The van der Waals surface area contributed by atoms with Crippen molar-refractivity contribution in [1.82, 2.24) is 14.3 Å². The molecule has 0 aromatic carbocycles. The Hall–Kier alpha value is -0.920. The van der Waals surface area contributed by atoms with E-state index in [2.05, 4.69) is 25.9 Å². The van der Waals surface area contributed by atoms with Gasteiger partial charge in [-0.15, -0.1) is 0 Å². The molecule has 2 heterocycles. The molecule has 0 fully saturated rings. The molecule has 5 nitrogen and oxygen atoms in total. The Labute approximate surface area is 102 Å². The van der Waals surface area contributed by atoms with E-state index in [0.717, 1.165) is 4.47 Å². The summed E-state index contributed by atoms with van der Waals surface area (Å²) in [6.45, 7) is 0. The number of aromatic nitrogens is 2. The fraction of sp³-hybridized carbons (Fsp3) is 0.222. The van der Waals surface area contributed by atoms with Crippen LogP contribution in [0.5, 0.6) is 0 Å². The quantitative estimate of drug-likeness (QED) is 0.916. The Morgan fingerprint density at radius 1 is 1.44 bits per heavy atom. The number of halogens is 1. The lowest BCUT2D eigenvalue weighted by Crippen LogP contribution is -2.21. The number of pyridine rings is 1. The first-order chi connectivity index (χ1) is 7.43. The van der Waals surface area contributed by atoms with Crippen LogP contribution < -0.4 is 0 Å². The molecule has 0 atom stereocenters. The molecule has 0 bridgehead atoms. The lowest BCUT2D eigenvalue weighted by Gasteiger charge is -2.09. The minimum absolute atomic E-state index is 0.237. The zero-order valence-corrected chi connectivity index (χ0v) is 11.1. The molecule has 0 aliphatic carbocycles. The third kappa shape index (κ3) is 1.74. The Morgan fingerprint density at radius 3 is 2.75 bits per heavy atom. The van der Waals surface area contributed by atoms with Gasteiger partial charge in [-0.05, 0) is 22.0 Å². The van der Waals surface area contributed by atoms with E-state index in [9.17, 15) is 8.42 Å². The molecule has 0 amide bonds. The van der Waals surface area contributed by atoms with Gasteiger partial charge in [0.25, 0.3) is 0 Å². The van der Waals surface area contributed by atoms with Crippen molar-refractivity contribution in [3.05, 3.63) is 22.9 Å². The van der Waals surface area contributed by atoms with Gasteiger partial charge in [-0.3, -0.25) is 0 Å². The number of nitrogens with one attached hydrogen (secondary N) is 1.